The van der Waals surface area contributed by atoms with Crippen molar-refractivity contribution in [2.45, 2.75) is 117 Å². The molecule has 0 spiro atoms. The van der Waals surface area contributed by atoms with Gasteiger partial charge < -0.3 is 35.5 Å². The molecule has 55 heavy (non-hydrogen) atoms. The highest BCUT2D eigenvalue weighted by atomic mass is 16.6. The second kappa shape index (κ2) is 21.6. The van der Waals surface area contributed by atoms with Gasteiger partial charge in [0, 0.05) is 6.42 Å². The predicted molar refractivity (Wildman–Crippen MR) is 210 cm³/mol. The highest BCUT2D eigenvalue weighted by molar-refractivity contribution is 5.95. The third kappa shape index (κ3) is 16.0. The van der Waals surface area contributed by atoms with Gasteiger partial charge in [-0.2, -0.15) is 0 Å². The Morgan fingerprint density at radius 1 is 0.582 bits per heavy atom. The molecule has 0 aliphatic heterocycles. The molecule has 298 valence electrons. The van der Waals surface area contributed by atoms with Crippen molar-refractivity contribution in [1.82, 2.24) is 21.3 Å². The second-order valence-electron chi connectivity index (χ2n) is 15.4. The van der Waals surface area contributed by atoms with E-state index in [0.29, 0.717) is 0 Å². The van der Waals surface area contributed by atoms with E-state index < -0.39 is 65.7 Å². The quantitative estimate of drug-likeness (QED) is 0.115. The van der Waals surface area contributed by atoms with Gasteiger partial charge in [-0.1, -0.05) is 119 Å². The fourth-order valence-electron chi connectivity index (χ4n) is 5.61. The van der Waals surface area contributed by atoms with Gasteiger partial charge in [-0.15, -0.1) is 0 Å². The lowest BCUT2D eigenvalue weighted by atomic mass is 10.0. The zero-order valence-electron chi connectivity index (χ0n) is 33.3. The molecule has 0 heterocycles. The van der Waals surface area contributed by atoms with Crippen LogP contribution in [0.25, 0.3) is 0 Å². The molecule has 3 aromatic rings. The van der Waals surface area contributed by atoms with Crippen LogP contribution in [0.2, 0.25) is 0 Å². The van der Waals surface area contributed by atoms with Gasteiger partial charge in [0.1, 0.15) is 36.4 Å². The predicted octanol–water partition coefficient (Wildman–Crippen LogP) is 5.63. The Balaban J connectivity index is 1.90. The molecule has 3 aromatic carbocycles. The Kier molecular flexibility index (Phi) is 17.4. The van der Waals surface area contributed by atoms with Crippen molar-refractivity contribution in [3.63, 3.8) is 0 Å². The van der Waals surface area contributed by atoms with Crippen LogP contribution < -0.4 is 21.3 Å². The molecule has 4 N–H and O–H groups in total. The molecular weight excluding hydrogens is 700 g/mol. The van der Waals surface area contributed by atoms with E-state index in [1.807, 2.05) is 105 Å². The van der Waals surface area contributed by atoms with Crippen LogP contribution in [0.15, 0.2) is 91.0 Å². The number of ether oxygens (including phenoxy) is 3. The number of carbonyl (C=O) groups excluding carboxylic acids is 5. The highest BCUT2D eigenvalue weighted by Gasteiger charge is 2.36. The molecule has 0 fully saturated rings. The Morgan fingerprint density at radius 3 is 1.58 bits per heavy atom. The largest absolute Gasteiger partial charge is 0.459 e. The number of carbonyl (C=O) groups is 5. The Bertz CT molecular complexity index is 1660. The van der Waals surface area contributed by atoms with Crippen LogP contribution in [0.1, 0.15) is 78.5 Å². The van der Waals surface area contributed by atoms with Crippen LogP contribution in [0.5, 0.6) is 0 Å². The maximum atomic E-state index is 14.3. The maximum absolute atomic E-state index is 14.3. The van der Waals surface area contributed by atoms with Crippen LogP contribution in [-0.4, -0.2) is 65.7 Å². The second-order valence-corrected chi connectivity index (χ2v) is 15.4. The first kappa shape index (κ1) is 44.2. The molecule has 5 atom stereocenters. The smallest absolute Gasteiger partial charge is 0.408 e. The van der Waals surface area contributed by atoms with Crippen molar-refractivity contribution < 1.29 is 38.2 Å². The number of nitrogens with one attached hydrogen (secondary N) is 4. The lowest BCUT2D eigenvalue weighted by Gasteiger charge is -2.30. The van der Waals surface area contributed by atoms with Gasteiger partial charge in [-0.05, 0) is 62.6 Å². The van der Waals surface area contributed by atoms with Gasteiger partial charge >= 0.3 is 12.1 Å². The van der Waals surface area contributed by atoms with Crippen molar-refractivity contribution in [2.75, 3.05) is 0 Å². The molecule has 0 saturated carbocycles. The van der Waals surface area contributed by atoms with Gasteiger partial charge in [0.15, 0.2) is 0 Å². The van der Waals surface area contributed by atoms with Crippen LogP contribution in [0, 0.1) is 11.8 Å². The minimum absolute atomic E-state index is 0.0167. The number of esters is 1. The lowest BCUT2D eigenvalue weighted by molar-refractivity contribution is -0.150. The molecule has 0 aliphatic rings. The van der Waals surface area contributed by atoms with E-state index in [1.165, 1.54) is 0 Å². The fraction of sp³-hybridized carbons (Fsp3) is 0.465. The Morgan fingerprint density at radius 2 is 1.07 bits per heavy atom. The molecule has 0 radical (unpaired) electrons. The van der Waals surface area contributed by atoms with Crippen molar-refractivity contribution in [2.24, 2.45) is 11.8 Å². The molecule has 0 aliphatic carbocycles. The molecule has 0 saturated heterocycles. The minimum atomic E-state index is -1.29. The van der Waals surface area contributed by atoms with E-state index in [0.717, 1.165) is 16.7 Å². The van der Waals surface area contributed by atoms with E-state index >= 15 is 0 Å². The standard InChI is InChI=1S/C43H58N4O8/c1-28(2)24-35(41(51)54-27-33-22-16-11-17-23-33)45-40(50)37(30(5)53-26-32-20-14-10-15-21-32)46-38(48)34(25-31-18-12-9-13-19-31)44-39(49)36(29(3)4)47-42(52)55-43(6,7)8/h9-23,28-30,34-37H,24-27H2,1-8H3,(H,44,49)(H,45,50)(H,46,48)(H,47,52)/t30-,34+,35+,36+,37+/m1/s1. The van der Waals surface area contributed by atoms with Gasteiger partial charge in [-0.25, -0.2) is 9.59 Å². The summed E-state index contributed by atoms with van der Waals surface area (Å²) >= 11 is 0. The zero-order valence-corrected chi connectivity index (χ0v) is 33.3. The summed E-state index contributed by atoms with van der Waals surface area (Å²) in [6.07, 6.45) is -1.29. The molecule has 0 unspecified atom stereocenters. The van der Waals surface area contributed by atoms with Crippen molar-refractivity contribution >= 4 is 29.8 Å². The summed E-state index contributed by atoms with van der Waals surface area (Å²) in [5.74, 6) is -2.89. The summed E-state index contributed by atoms with van der Waals surface area (Å²) in [5.41, 5.74) is 1.61. The average Bonchev–Trinajstić information content (AvgIpc) is 3.13. The van der Waals surface area contributed by atoms with Gasteiger partial charge in [0.2, 0.25) is 17.7 Å². The average molecular weight is 759 g/mol. The first-order valence-electron chi connectivity index (χ1n) is 18.8. The van der Waals surface area contributed by atoms with Crippen LogP contribution in [-0.2, 0) is 53.0 Å². The van der Waals surface area contributed by atoms with Crippen LogP contribution in [0.4, 0.5) is 4.79 Å². The summed E-state index contributed by atoms with van der Waals surface area (Å²) < 4.78 is 17.1. The maximum Gasteiger partial charge on any atom is 0.408 e. The van der Waals surface area contributed by atoms with E-state index in [2.05, 4.69) is 21.3 Å². The molecule has 4 amide bonds. The third-order valence-electron chi connectivity index (χ3n) is 8.47. The first-order chi connectivity index (χ1) is 26.0. The van der Waals surface area contributed by atoms with Crippen LogP contribution in [0.3, 0.4) is 0 Å². The number of hydrogen-bond acceptors (Lipinski definition) is 8. The van der Waals surface area contributed by atoms with E-state index in [1.54, 1.807) is 41.5 Å². The Hall–Kier alpha value is -5.23. The number of benzene rings is 3. The molecule has 3 rings (SSSR count). The third-order valence-corrected chi connectivity index (χ3v) is 8.47. The summed E-state index contributed by atoms with van der Waals surface area (Å²) in [7, 11) is 0. The van der Waals surface area contributed by atoms with Gasteiger partial charge in [0.05, 0.1) is 12.7 Å². The van der Waals surface area contributed by atoms with Crippen molar-refractivity contribution in [3.8, 4) is 0 Å². The Labute approximate surface area is 325 Å². The van der Waals surface area contributed by atoms with E-state index in [9.17, 15) is 24.0 Å². The topological polar surface area (TPSA) is 161 Å². The summed E-state index contributed by atoms with van der Waals surface area (Å²) in [4.78, 5) is 68.3. The molecule has 12 nitrogen and oxygen atoms in total. The van der Waals surface area contributed by atoms with Gasteiger partial charge in [0.25, 0.3) is 0 Å². The first-order valence-corrected chi connectivity index (χ1v) is 18.8. The summed E-state index contributed by atoms with van der Waals surface area (Å²) in [6, 6.07) is 23.2. The lowest BCUT2D eigenvalue weighted by Crippen LogP contribution is -2.61. The number of alkyl carbamates (subject to hydrolysis) is 1. The molecule has 0 aromatic heterocycles. The summed E-state index contributed by atoms with van der Waals surface area (Å²) in [6.45, 7) is 14.3. The van der Waals surface area contributed by atoms with Gasteiger partial charge in [-0.3, -0.25) is 14.4 Å². The molecular formula is C43H58N4O8. The van der Waals surface area contributed by atoms with Crippen LogP contribution >= 0.6 is 0 Å². The monoisotopic (exact) mass is 758 g/mol. The van der Waals surface area contributed by atoms with Crippen molar-refractivity contribution in [1.29, 1.82) is 0 Å². The van der Waals surface area contributed by atoms with Crippen molar-refractivity contribution in [3.05, 3.63) is 108 Å². The zero-order chi connectivity index (χ0) is 40.5. The van der Waals surface area contributed by atoms with E-state index in [4.69, 9.17) is 14.2 Å². The highest BCUT2D eigenvalue weighted by Crippen LogP contribution is 2.14. The summed E-state index contributed by atoms with van der Waals surface area (Å²) in [5, 5.41) is 11.1. The number of hydrogen-bond donors (Lipinski definition) is 4. The number of amides is 4. The SMILES string of the molecule is CC(C)C[C@H](NC(=O)[C@@H](NC(=O)[C@H](Cc1ccccc1)NC(=O)[C@@H](NC(=O)OC(C)(C)C)C(C)C)[C@@H](C)OCc1ccccc1)C(=O)OCc1ccccc1. The number of rotatable bonds is 19. The molecule has 0 bridgehead atoms. The normalized spacial score (nSPS) is 14.1. The van der Waals surface area contributed by atoms with E-state index in [-0.39, 0.29) is 37.9 Å². The molecule has 12 heteroatoms. The minimum Gasteiger partial charge on any atom is -0.459 e. The fourth-order valence-corrected chi connectivity index (χ4v) is 5.61.